The van der Waals surface area contributed by atoms with Gasteiger partial charge in [-0.3, -0.25) is 9.59 Å². The fourth-order valence-corrected chi connectivity index (χ4v) is 13.4. The van der Waals surface area contributed by atoms with Crippen LogP contribution in [0, 0.1) is 0 Å². The van der Waals surface area contributed by atoms with Crippen LogP contribution in [0.4, 0.5) is 0 Å². The van der Waals surface area contributed by atoms with Gasteiger partial charge in [0.25, 0.3) is 5.79 Å². The van der Waals surface area contributed by atoms with Gasteiger partial charge in [-0.25, -0.2) is 4.79 Å². The third kappa shape index (κ3) is 34.4. The molecule has 0 bridgehead atoms. The summed E-state index contributed by atoms with van der Waals surface area (Å²) in [5.74, 6) is -6.10. The Morgan fingerprint density at radius 3 is 1.41 bits per heavy atom. The minimum absolute atomic E-state index is 0.226. The second kappa shape index (κ2) is 53.3. The average molecular weight is 1380 g/mol. The fraction of sp³-hybridized carbons (Fsp3) is 0.932. The van der Waals surface area contributed by atoms with Gasteiger partial charge in [0.1, 0.15) is 67.1 Å². The van der Waals surface area contributed by atoms with Crippen molar-refractivity contribution < 1.29 is 104 Å². The van der Waals surface area contributed by atoms with Crippen LogP contribution < -0.4 is 10.6 Å². The van der Waals surface area contributed by atoms with E-state index in [0.29, 0.717) is 19.3 Å². The lowest BCUT2D eigenvalue weighted by Gasteiger charge is -2.50. The summed E-state index contributed by atoms with van der Waals surface area (Å²) in [6.07, 6.45) is 25.5. The largest absolute Gasteiger partial charge is 0.477 e. The maximum Gasteiger partial charge on any atom is 0.364 e. The van der Waals surface area contributed by atoms with Gasteiger partial charge < -0.3 is 100 Å². The van der Waals surface area contributed by atoms with Crippen molar-refractivity contribution in [2.75, 3.05) is 26.4 Å². The van der Waals surface area contributed by atoms with Crippen LogP contribution in [0.3, 0.4) is 0 Å². The SMILES string of the molecule is CCCCCCCCCCCCCC/C=C\CCCCCCCCCCCCCCCCCCC(=O)NC(COC1OC(CO)C(OC2OC(CO)C(O)C(OC3(C(=O)O)CC(O)C(NC(C)=O)C(C(O)C(O)CO)O3)C2O)C(O)C1O)C(O)CCCCCCCCCCCC. The van der Waals surface area contributed by atoms with Gasteiger partial charge in [0, 0.05) is 19.8 Å². The number of rotatable bonds is 59. The van der Waals surface area contributed by atoms with Gasteiger partial charge in [-0.15, -0.1) is 0 Å². The summed E-state index contributed by atoms with van der Waals surface area (Å²) in [5, 5.41) is 136. The van der Waals surface area contributed by atoms with Crippen LogP contribution >= 0.6 is 0 Å². The van der Waals surface area contributed by atoms with Crippen molar-refractivity contribution in [1.82, 2.24) is 10.6 Å². The van der Waals surface area contributed by atoms with Crippen LogP contribution in [-0.2, 0) is 42.8 Å². The predicted molar refractivity (Wildman–Crippen MR) is 366 cm³/mol. The summed E-state index contributed by atoms with van der Waals surface area (Å²) < 4.78 is 34.8. The molecule has 14 N–H and O–H groups in total. The molecule has 3 saturated heterocycles. The topological polar surface area (TPSA) is 373 Å². The number of carbonyl (C=O) groups is 3. The van der Waals surface area contributed by atoms with Gasteiger partial charge in [-0.2, -0.15) is 0 Å². The molecule has 564 valence electrons. The van der Waals surface area contributed by atoms with Gasteiger partial charge in [0.05, 0.1) is 50.7 Å². The van der Waals surface area contributed by atoms with Crippen LogP contribution in [0.15, 0.2) is 12.2 Å². The number of aliphatic hydroxyl groups excluding tert-OH is 11. The molecule has 0 aliphatic carbocycles. The number of aliphatic carboxylic acids is 1. The molecule has 3 aliphatic heterocycles. The van der Waals surface area contributed by atoms with Crippen molar-refractivity contribution in [2.45, 2.75) is 407 Å². The number of allylic oxidation sites excluding steroid dienone is 2. The summed E-state index contributed by atoms with van der Waals surface area (Å²) in [4.78, 5) is 38.6. The number of hydrogen-bond donors (Lipinski definition) is 14. The maximum absolute atomic E-state index is 13.5. The molecule has 3 rings (SSSR count). The molecule has 0 spiro atoms. The summed E-state index contributed by atoms with van der Waals surface area (Å²) >= 11 is 0. The van der Waals surface area contributed by atoms with Gasteiger partial charge in [-0.05, 0) is 38.5 Å². The normalized spacial score (nSPS) is 27.6. The number of aliphatic hydroxyl groups is 11. The molecule has 23 heteroatoms. The fourth-order valence-electron chi connectivity index (χ4n) is 13.4. The van der Waals surface area contributed by atoms with E-state index in [-0.39, 0.29) is 18.9 Å². The molecule has 0 saturated carbocycles. The monoisotopic (exact) mass is 1380 g/mol. The van der Waals surface area contributed by atoms with E-state index in [1.54, 1.807) is 0 Å². The zero-order valence-corrected chi connectivity index (χ0v) is 59.2. The molecule has 0 aromatic rings. The van der Waals surface area contributed by atoms with Gasteiger partial charge in [0.2, 0.25) is 11.8 Å². The van der Waals surface area contributed by atoms with Crippen molar-refractivity contribution in [1.29, 1.82) is 0 Å². The van der Waals surface area contributed by atoms with Crippen molar-refractivity contribution in [3.05, 3.63) is 12.2 Å². The number of unbranched alkanes of at least 4 members (excludes halogenated alkanes) is 37. The third-order valence-corrected chi connectivity index (χ3v) is 19.5. The molecule has 3 fully saturated rings. The highest BCUT2D eigenvalue weighted by Gasteiger charge is 2.60. The second-order valence-corrected chi connectivity index (χ2v) is 27.9. The van der Waals surface area contributed by atoms with Gasteiger partial charge in [-0.1, -0.05) is 251 Å². The number of carbonyl (C=O) groups excluding carboxylic acids is 2. The minimum Gasteiger partial charge on any atom is -0.477 e. The van der Waals surface area contributed by atoms with Crippen molar-refractivity contribution in [3.63, 3.8) is 0 Å². The highest BCUT2D eigenvalue weighted by atomic mass is 16.8. The van der Waals surface area contributed by atoms with Crippen molar-refractivity contribution in [3.8, 4) is 0 Å². The number of ether oxygens (including phenoxy) is 6. The van der Waals surface area contributed by atoms with Crippen molar-refractivity contribution >= 4 is 17.8 Å². The van der Waals surface area contributed by atoms with E-state index in [9.17, 15) is 75.7 Å². The molecular weight excluding hydrogens is 1240 g/mol. The Hall–Kier alpha value is -2.53. The van der Waals surface area contributed by atoms with E-state index < -0.39 is 148 Å². The summed E-state index contributed by atoms with van der Waals surface area (Å²) in [5.41, 5.74) is 0. The van der Waals surface area contributed by atoms with Crippen molar-refractivity contribution in [2.24, 2.45) is 0 Å². The van der Waals surface area contributed by atoms with Gasteiger partial charge in [0.15, 0.2) is 12.6 Å². The van der Waals surface area contributed by atoms with Crippen LogP contribution in [0.2, 0.25) is 0 Å². The molecule has 18 unspecified atom stereocenters. The summed E-state index contributed by atoms with van der Waals surface area (Å²) in [6, 6.07) is -2.53. The molecule has 2 amide bonds. The molecule has 0 radical (unpaired) electrons. The molecule has 0 aromatic heterocycles. The number of nitrogens with one attached hydrogen (secondary N) is 2. The average Bonchev–Trinajstić information content (AvgIpc) is 0.760. The number of amides is 2. The first-order chi connectivity index (χ1) is 46.4. The smallest absolute Gasteiger partial charge is 0.364 e. The highest BCUT2D eigenvalue weighted by Crippen LogP contribution is 2.39. The minimum atomic E-state index is -3.08. The Morgan fingerprint density at radius 1 is 0.531 bits per heavy atom. The molecular formula is C73H136N2O21. The lowest BCUT2D eigenvalue weighted by atomic mass is 9.88. The summed E-state index contributed by atoms with van der Waals surface area (Å²) in [6.45, 7) is 2.20. The lowest BCUT2D eigenvalue weighted by Crippen LogP contribution is -2.70. The summed E-state index contributed by atoms with van der Waals surface area (Å²) in [7, 11) is 0. The first kappa shape index (κ1) is 87.7. The highest BCUT2D eigenvalue weighted by molar-refractivity contribution is 5.77. The molecule has 23 nitrogen and oxygen atoms in total. The Kier molecular flexibility index (Phi) is 48.7. The van der Waals surface area contributed by atoms with E-state index in [1.807, 2.05) is 0 Å². The molecule has 18 atom stereocenters. The predicted octanol–water partition coefficient (Wildman–Crippen LogP) is 8.63. The van der Waals surface area contributed by atoms with Crippen LogP contribution in [0.5, 0.6) is 0 Å². The maximum atomic E-state index is 13.5. The van der Waals surface area contributed by atoms with E-state index in [2.05, 4.69) is 36.6 Å². The van der Waals surface area contributed by atoms with Crippen LogP contribution in [0.25, 0.3) is 0 Å². The number of carboxylic acid groups (broad SMARTS) is 1. The molecule has 0 aromatic carbocycles. The molecule has 96 heavy (non-hydrogen) atoms. The number of carboxylic acids is 1. The molecule has 3 aliphatic rings. The molecule has 3 heterocycles. The van der Waals surface area contributed by atoms with E-state index in [4.69, 9.17) is 28.4 Å². The Labute approximate surface area is 575 Å². The Morgan fingerprint density at radius 2 is 0.969 bits per heavy atom. The Bertz CT molecular complexity index is 1980. The Balaban J connectivity index is 1.44. The first-order valence-electron chi connectivity index (χ1n) is 38.0. The zero-order valence-electron chi connectivity index (χ0n) is 59.2. The standard InChI is InChI=1S/C73H136N2O21/c1-4-6-8-10-12-14-16-17-18-19-20-21-22-23-24-25-26-27-28-29-30-31-32-33-34-35-36-37-39-41-43-45-47-60(83)75-54(55(80)46-44-42-40-38-15-13-11-9-7-5-2)52-91-70-65(87)64(86)67(59(51-78)93-70)94-71-66(88)69(63(85)58(50-77)92-71)96-73(72(89)90)48-56(81)61(74-53(3)79)68(95-73)62(84)57(82)49-76/h23-24,54-59,61-71,76-78,80-82,84-88H,4-22,25-52H2,1-3H3,(H,74,79)(H,75,83)(H,89,90)/b24-23-. The van der Waals surface area contributed by atoms with Crippen LogP contribution in [0.1, 0.15) is 297 Å². The first-order valence-corrected chi connectivity index (χ1v) is 38.0. The lowest BCUT2D eigenvalue weighted by molar-refractivity contribution is -0.386. The van der Waals surface area contributed by atoms with E-state index in [1.165, 1.54) is 193 Å². The quantitative estimate of drug-likeness (QED) is 0.0200. The van der Waals surface area contributed by atoms with E-state index >= 15 is 0 Å². The van der Waals surface area contributed by atoms with E-state index in [0.717, 1.165) is 58.3 Å². The van der Waals surface area contributed by atoms with Crippen LogP contribution in [-0.4, -0.2) is 215 Å². The number of hydrogen-bond acceptors (Lipinski definition) is 20. The second-order valence-electron chi connectivity index (χ2n) is 27.9. The zero-order chi connectivity index (χ0) is 70.4. The third-order valence-electron chi connectivity index (χ3n) is 19.5. The van der Waals surface area contributed by atoms with Gasteiger partial charge >= 0.3 is 5.97 Å².